The zero-order valence-electron chi connectivity index (χ0n) is 15.3. The molecule has 2 saturated heterocycles. The van der Waals surface area contributed by atoms with Gasteiger partial charge in [-0.25, -0.2) is 13.1 Å². The molecule has 4 rings (SSSR count). The number of carbonyl (C=O) groups excluding carboxylic acids is 1. The smallest absolute Gasteiger partial charge is 0.254 e. The predicted octanol–water partition coefficient (Wildman–Crippen LogP) is 2.25. The van der Waals surface area contributed by atoms with E-state index in [-0.39, 0.29) is 29.0 Å². The Labute approximate surface area is 165 Å². The number of carbonyl (C=O) groups is 1. The van der Waals surface area contributed by atoms with E-state index in [1.165, 1.54) is 6.07 Å². The highest BCUT2D eigenvalue weighted by Gasteiger charge is 2.32. The third kappa shape index (κ3) is 4.67. The van der Waals surface area contributed by atoms with Crippen LogP contribution in [0.2, 0.25) is 0 Å². The van der Waals surface area contributed by atoms with Crippen LogP contribution in [-0.4, -0.2) is 62.1 Å². The lowest BCUT2D eigenvalue weighted by Crippen LogP contribution is -2.44. The maximum Gasteiger partial charge on any atom is 0.254 e. The number of sulfonamides is 1. The molecule has 1 saturated carbocycles. The summed E-state index contributed by atoms with van der Waals surface area (Å²) in [7, 11) is -3.57. The van der Waals surface area contributed by atoms with Crippen LogP contribution in [0.15, 0.2) is 29.2 Å². The average molecular weight is 411 g/mol. The van der Waals surface area contributed by atoms with Crippen molar-refractivity contribution in [3.8, 4) is 0 Å². The van der Waals surface area contributed by atoms with Crippen molar-refractivity contribution in [3.05, 3.63) is 29.8 Å². The molecule has 3 fully saturated rings. The molecule has 148 valence electrons. The second kappa shape index (κ2) is 8.11. The minimum absolute atomic E-state index is 0.0425. The Morgan fingerprint density at radius 3 is 2.78 bits per heavy atom. The molecule has 1 aromatic rings. The molecule has 0 bridgehead atoms. The third-order valence-corrected chi connectivity index (χ3v) is 7.99. The van der Waals surface area contributed by atoms with Crippen LogP contribution < -0.4 is 4.72 Å². The zero-order chi connectivity index (χ0) is 18.9. The van der Waals surface area contributed by atoms with Gasteiger partial charge >= 0.3 is 0 Å². The van der Waals surface area contributed by atoms with Gasteiger partial charge in [0, 0.05) is 36.6 Å². The van der Waals surface area contributed by atoms with Gasteiger partial charge in [0.15, 0.2) is 0 Å². The fourth-order valence-corrected chi connectivity index (χ4v) is 6.20. The van der Waals surface area contributed by atoms with Gasteiger partial charge in [-0.2, -0.15) is 11.8 Å². The Kier molecular flexibility index (Phi) is 5.78. The lowest BCUT2D eigenvalue weighted by Gasteiger charge is -2.31. The second-order valence-corrected chi connectivity index (χ2v) is 10.4. The molecule has 3 aliphatic rings. The van der Waals surface area contributed by atoms with Crippen LogP contribution in [0.25, 0.3) is 0 Å². The largest absolute Gasteiger partial charge is 0.376 e. The van der Waals surface area contributed by atoms with E-state index in [0.29, 0.717) is 12.1 Å². The summed E-state index contributed by atoms with van der Waals surface area (Å²) in [4.78, 5) is 15.4. The summed E-state index contributed by atoms with van der Waals surface area (Å²) in [5.74, 6) is 1.89. The second-order valence-electron chi connectivity index (χ2n) is 7.53. The summed E-state index contributed by atoms with van der Waals surface area (Å²) in [6, 6.07) is 6.66. The standard InChI is InChI=1S/C19H26N2O4S2/c22-19(21(16-8-10-26-13-16)12-17-4-2-9-25-17)14-3-1-5-18(11-14)27(23,24)20-15-6-7-15/h1,3,5,11,15-17,20H,2,4,6-10,12-13H2. The fourth-order valence-electron chi connectivity index (χ4n) is 3.62. The van der Waals surface area contributed by atoms with E-state index in [4.69, 9.17) is 4.74 Å². The van der Waals surface area contributed by atoms with Crippen molar-refractivity contribution >= 4 is 27.7 Å². The van der Waals surface area contributed by atoms with Gasteiger partial charge in [-0.1, -0.05) is 6.07 Å². The summed E-state index contributed by atoms with van der Waals surface area (Å²) in [5, 5.41) is 0. The normalized spacial score (nSPS) is 25.6. The van der Waals surface area contributed by atoms with Gasteiger partial charge in [-0.15, -0.1) is 0 Å². The van der Waals surface area contributed by atoms with Gasteiger partial charge in [-0.05, 0) is 56.1 Å². The number of ether oxygens (including phenoxy) is 1. The molecule has 1 aromatic carbocycles. The fraction of sp³-hybridized carbons (Fsp3) is 0.632. The minimum Gasteiger partial charge on any atom is -0.376 e. The number of thioether (sulfide) groups is 1. The van der Waals surface area contributed by atoms with Crippen molar-refractivity contribution in [1.82, 2.24) is 9.62 Å². The third-order valence-electron chi connectivity index (χ3n) is 5.32. The Bertz CT molecular complexity index is 783. The predicted molar refractivity (Wildman–Crippen MR) is 106 cm³/mol. The van der Waals surface area contributed by atoms with Crippen LogP contribution in [0.3, 0.4) is 0 Å². The van der Waals surface area contributed by atoms with Gasteiger partial charge < -0.3 is 9.64 Å². The van der Waals surface area contributed by atoms with Crippen molar-refractivity contribution < 1.29 is 17.9 Å². The first-order valence-electron chi connectivity index (χ1n) is 9.65. The molecule has 8 heteroatoms. The molecule has 2 unspecified atom stereocenters. The van der Waals surface area contributed by atoms with E-state index in [1.54, 1.807) is 18.2 Å². The molecule has 6 nitrogen and oxygen atoms in total. The summed E-state index contributed by atoms with van der Waals surface area (Å²) in [6.45, 7) is 1.34. The summed E-state index contributed by atoms with van der Waals surface area (Å²) in [6.07, 6.45) is 4.84. The first kappa shape index (κ1) is 19.2. The van der Waals surface area contributed by atoms with E-state index < -0.39 is 10.0 Å². The van der Waals surface area contributed by atoms with Crippen LogP contribution in [0.5, 0.6) is 0 Å². The highest BCUT2D eigenvalue weighted by Crippen LogP contribution is 2.27. The monoisotopic (exact) mass is 410 g/mol. The van der Waals surface area contributed by atoms with Crippen molar-refractivity contribution in [2.24, 2.45) is 0 Å². The van der Waals surface area contributed by atoms with Crippen LogP contribution in [0.1, 0.15) is 42.5 Å². The first-order valence-corrected chi connectivity index (χ1v) is 12.3. The zero-order valence-corrected chi connectivity index (χ0v) is 16.9. The molecule has 0 aromatic heterocycles. The lowest BCUT2D eigenvalue weighted by atomic mass is 10.1. The van der Waals surface area contributed by atoms with Gasteiger partial charge in [0.1, 0.15) is 0 Å². The van der Waals surface area contributed by atoms with Crippen molar-refractivity contribution in [3.63, 3.8) is 0 Å². The summed E-state index contributed by atoms with van der Waals surface area (Å²) < 4.78 is 33.4. The SMILES string of the molecule is O=C(c1cccc(S(=O)(=O)NC2CC2)c1)N(CC1CCCO1)C1CCSC1. The molecule has 2 heterocycles. The molecule has 1 N–H and O–H groups in total. The molecular formula is C19H26N2O4S2. The number of nitrogens with zero attached hydrogens (tertiary/aromatic N) is 1. The number of hydrogen-bond acceptors (Lipinski definition) is 5. The highest BCUT2D eigenvalue weighted by atomic mass is 32.2. The Morgan fingerprint density at radius 2 is 2.11 bits per heavy atom. The highest BCUT2D eigenvalue weighted by molar-refractivity contribution is 7.99. The van der Waals surface area contributed by atoms with E-state index >= 15 is 0 Å². The van der Waals surface area contributed by atoms with Gasteiger partial charge in [0.2, 0.25) is 10.0 Å². The van der Waals surface area contributed by atoms with Crippen molar-refractivity contribution in [1.29, 1.82) is 0 Å². The molecule has 1 amide bonds. The molecule has 0 radical (unpaired) electrons. The summed E-state index contributed by atoms with van der Waals surface area (Å²) in [5.41, 5.74) is 0.434. The lowest BCUT2D eigenvalue weighted by molar-refractivity contribution is 0.0441. The van der Waals surface area contributed by atoms with Crippen LogP contribution in [0.4, 0.5) is 0 Å². The van der Waals surface area contributed by atoms with E-state index in [0.717, 1.165) is 50.2 Å². The van der Waals surface area contributed by atoms with E-state index in [1.807, 2.05) is 16.7 Å². The van der Waals surface area contributed by atoms with Crippen molar-refractivity contribution in [2.75, 3.05) is 24.7 Å². The van der Waals surface area contributed by atoms with E-state index in [9.17, 15) is 13.2 Å². The van der Waals surface area contributed by atoms with Crippen LogP contribution in [-0.2, 0) is 14.8 Å². The number of rotatable bonds is 7. The molecular weight excluding hydrogens is 384 g/mol. The number of hydrogen-bond donors (Lipinski definition) is 1. The number of benzene rings is 1. The Balaban J connectivity index is 1.55. The Morgan fingerprint density at radius 1 is 1.26 bits per heavy atom. The van der Waals surface area contributed by atoms with Gasteiger partial charge in [-0.3, -0.25) is 4.79 Å². The van der Waals surface area contributed by atoms with Crippen LogP contribution in [0, 0.1) is 0 Å². The summed E-state index contributed by atoms with van der Waals surface area (Å²) >= 11 is 1.86. The minimum atomic E-state index is -3.57. The topological polar surface area (TPSA) is 75.7 Å². The average Bonchev–Trinajstić information content (AvgIpc) is 3.13. The molecule has 0 spiro atoms. The molecule has 1 aliphatic carbocycles. The van der Waals surface area contributed by atoms with Gasteiger partial charge in [0.25, 0.3) is 5.91 Å². The van der Waals surface area contributed by atoms with Gasteiger partial charge in [0.05, 0.1) is 11.0 Å². The van der Waals surface area contributed by atoms with Crippen LogP contribution >= 0.6 is 11.8 Å². The molecule has 2 aliphatic heterocycles. The number of amides is 1. The Hall–Kier alpha value is -1.09. The van der Waals surface area contributed by atoms with Crippen molar-refractivity contribution in [2.45, 2.75) is 55.2 Å². The maximum atomic E-state index is 13.3. The molecule has 2 atom stereocenters. The quantitative estimate of drug-likeness (QED) is 0.746. The first-order chi connectivity index (χ1) is 13.0. The molecule has 27 heavy (non-hydrogen) atoms. The number of nitrogens with one attached hydrogen (secondary N) is 1. The maximum absolute atomic E-state index is 13.3. The van der Waals surface area contributed by atoms with E-state index in [2.05, 4.69) is 4.72 Å².